The van der Waals surface area contributed by atoms with Crippen molar-refractivity contribution in [3.05, 3.63) is 83.9 Å². The van der Waals surface area contributed by atoms with E-state index in [0.29, 0.717) is 30.4 Å². The Morgan fingerprint density at radius 2 is 1.63 bits per heavy atom. The van der Waals surface area contributed by atoms with Gasteiger partial charge in [0, 0.05) is 17.2 Å². The molecule has 0 bridgehead atoms. The Hall–Kier alpha value is -4.00. The van der Waals surface area contributed by atoms with Crippen LogP contribution in [0.25, 0.3) is 10.8 Å². The first-order valence-corrected chi connectivity index (χ1v) is 13.3. The van der Waals surface area contributed by atoms with Crippen LogP contribution in [0.2, 0.25) is 0 Å². The maximum absolute atomic E-state index is 13.3. The van der Waals surface area contributed by atoms with Gasteiger partial charge in [0.1, 0.15) is 6.04 Å². The summed E-state index contributed by atoms with van der Waals surface area (Å²) in [6.07, 6.45) is 4.12. The van der Waals surface area contributed by atoms with Gasteiger partial charge in [0.25, 0.3) is 5.91 Å². The van der Waals surface area contributed by atoms with Crippen LogP contribution in [0.3, 0.4) is 0 Å². The van der Waals surface area contributed by atoms with Crippen molar-refractivity contribution in [1.82, 2.24) is 10.6 Å². The lowest BCUT2D eigenvalue weighted by Gasteiger charge is -2.24. The molecule has 7 heteroatoms. The monoisotopic (exact) mass is 514 g/mol. The predicted molar refractivity (Wildman–Crippen MR) is 146 cm³/mol. The van der Waals surface area contributed by atoms with Gasteiger partial charge < -0.3 is 15.4 Å². The molecular weight excluding hydrogens is 480 g/mol. The predicted octanol–water partition coefficient (Wildman–Crippen LogP) is 4.84. The Balaban J connectivity index is 1.36. The minimum Gasteiger partial charge on any atom is -0.457 e. The summed E-state index contributed by atoms with van der Waals surface area (Å²) in [6.45, 7) is 1.70. The summed E-state index contributed by atoms with van der Waals surface area (Å²) < 4.78 is 5.33. The van der Waals surface area contributed by atoms with Gasteiger partial charge in [0.05, 0.1) is 5.92 Å². The molecule has 3 atom stereocenters. The number of carbonyl (C=O) groups is 4. The molecule has 0 aromatic heterocycles. The van der Waals surface area contributed by atoms with E-state index in [1.54, 1.807) is 30.3 Å². The van der Waals surface area contributed by atoms with Crippen molar-refractivity contribution in [1.29, 1.82) is 0 Å². The summed E-state index contributed by atoms with van der Waals surface area (Å²) in [7, 11) is 0. The third-order valence-corrected chi connectivity index (χ3v) is 7.07. The van der Waals surface area contributed by atoms with Crippen molar-refractivity contribution in [3.8, 4) is 0 Å². The molecule has 0 radical (unpaired) electrons. The number of amides is 2. The molecule has 0 heterocycles. The van der Waals surface area contributed by atoms with Gasteiger partial charge in [-0.3, -0.25) is 19.2 Å². The van der Waals surface area contributed by atoms with Crippen molar-refractivity contribution in [2.24, 2.45) is 5.92 Å². The Labute approximate surface area is 222 Å². The normalized spacial score (nSPS) is 17.5. The molecule has 0 unspecified atom stereocenters. The summed E-state index contributed by atoms with van der Waals surface area (Å²) in [5.74, 6) is -1.90. The lowest BCUT2D eigenvalue weighted by atomic mass is 10.0. The molecule has 1 saturated carbocycles. The topological polar surface area (TPSA) is 102 Å². The first-order chi connectivity index (χ1) is 18.5. The number of Topliss-reactive ketones (excluding diaryl/α,β-unsaturated/α-hetero) is 1. The molecule has 1 aliphatic rings. The van der Waals surface area contributed by atoms with E-state index < -0.39 is 24.0 Å². The molecule has 0 spiro atoms. The van der Waals surface area contributed by atoms with Gasteiger partial charge in [-0.15, -0.1) is 0 Å². The molecule has 1 fully saturated rings. The standard InChI is InChI=1S/C31H34N2O5/c1-2-3-15-27(33-29(35)24-18-17-21-10-7-8-13-23(21)19-24)30(36)32-26-16-9-14-25(26)31(37)38-20-28(34)22-11-5-4-6-12-22/h4-8,10-13,17-19,25-27H,2-3,9,14-16,20H2,1H3,(H,32,36)(H,33,35)/t25-,26+,27+/m1/s1. The molecule has 3 aromatic carbocycles. The van der Waals surface area contributed by atoms with Gasteiger partial charge in [-0.1, -0.05) is 86.8 Å². The molecule has 3 aromatic rings. The molecule has 0 aliphatic heterocycles. The number of hydrogen-bond donors (Lipinski definition) is 2. The fourth-order valence-electron chi connectivity index (χ4n) is 4.90. The largest absolute Gasteiger partial charge is 0.457 e. The van der Waals surface area contributed by atoms with Gasteiger partial charge in [0.2, 0.25) is 5.91 Å². The van der Waals surface area contributed by atoms with Crippen LogP contribution in [-0.2, 0) is 14.3 Å². The van der Waals surface area contributed by atoms with Gasteiger partial charge >= 0.3 is 5.97 Å². The fraction of sp³-hybridized carbons (Fsp3) is 0.355. The van der Waals surface area contributed by atoms with Gasteiger partial charge in [-0.25, -0.2) is 0 Å². The average Bonchev–Trinajstić information content (AvgIpc) is 3.41. The van der Waals surface area contributed by atoms with E-state index in [0.717, 1.165) is 30.0 Å². The second-order valence-electron chi connectivity index (χ2n) is 9.78. The Morgan fingerprint density at radius 1 is 0.895 bits per heavy atom. The lowest BCUT2D eigenvalue weighted by molar-refractivity contribution is -0.148. The van der Waals surface area contributed by atoms with Crippen LogP contribution in [-0.4, -0.2) is 42.3 Å². The van der Waals surface area contributed by atoms with E-state index in [4.69, 9.17) is 4.74 Å². The number of rotatable bonds is 11. The molecule has 0 saturated heterocycles. The number of unbranched alkanes of at least 4 members (excludes halogenated alkanes) is 1. The number of fused-ring (bicyclic) bond motifs is 1. The van der Waals surface area contributed by atoms with Gasteiger partial charge in [-0.2, -0.15) is 0 Å². The minimum absolute atomic E-state index is 0.270. The summed E-state index contributed by atoms with van der Waals surface area (Å²) in [5, 5.41) is 7.87. The van der Waals surface area contributed by atoms with E-state index in [2.05, 4.69) is 10.6 Å². The molecule has 1 aliphatic carbocycles. The first-order valence-electron chi connectivity index (χ1n) is 13.3. The number of esters is 1. The van der Waals surface area contributed by atoms with Crippen molar-refractivity contribution < 1.29 is 23.9 Å². The zero-order valence-corrected chi connectivity index (χ0v) is 21.7. The maximum atomic E-state index is 13.3. The van der Waals surface area contributed by atoms with Crippen LogP contribution < -0.4 is 10.6 Å². The first kappa shape index (κ1) is 27.0. The van der Waals surface area contributed by atoms with Gasteiger partial charge in [0.15, 0.2) is 12.4 Å². The van der Waals surface area contributed by atoms with Crippen molar-refractivity contribution in [3.63, 3.8) is 0 Å². The molecule has 7 nitrogen and oxygen atoms in total. The van der Waals surface area contributed by atoms with Gasteiger partial charge in [-0.05, 0) is 42.2 Å². The molecular formula is C31H34N2O5. The molecule has 2 amide bonds. The third-order valence-electron chi connectivity index (χ3n) is 7.07. The van der Waals surface area contributed by atoms with Crippen molar-refractivity contribution in [2.45, 2.75) is 57.5 Å². The second-order valence-corrected chi connectivity index (χ2v) is 9.78. The Morgan fingerprint density at radius 3 is 2.39 bits per heavy atom. The summed E-state index contributed by atoms with van der Waals surface area (Å²) in [6, 6.07) is 20.8. The SMILES string of the molecule is CCCC[C@H](NC(=O)c1ccc2ccccc2c1)C(=O)N[C@H]1CCC[C@H]1C(=O)OCC(=O)c1ccccc1. The van der Waals surface area contributed by atoms with Crippen LogP contribution in [0.1, 0.15) is 66.2 Å². The van der Waals surface area contributed by atoms with Crippen LogP contribution >= 0.6 is 0 Å². The number of ether oxygens (including phenoxy) is 1. The highest BCUT2D eigenvalue weighted by atomic mass is 16.5. The number of benzene rings is 3. The zero-order chi connectivity index (χ0) is 26.9. The molecule has 38 heavy (non-hydrogen) atoms. The lowest BCUT2D eigenvalue weighted by Crippen LogP contribution is -2.51. The summed E-state index contributed by atoms with van der Waals surface area (Å²) in [5.41, 5.74) is 0.973. The van der Waals surface area contributed by atoms with Crippen LogP contribution in [0, 0.1) is 5.92 Å². The average molecular weight is 515 g/mol. The van der Waals surface area contributed by atoms with Crippen LogP contribution in [0.15, 0.2) is 72.8 Å². The quantitative estimate of drug-likeness (QED) is 0.282. The molecule has 198 valence electrons. The maximum Gasteiger partial charge on any atom is 0.311 e. The van der Waals surface area contributed by atoms with E-state index in [-0.39, 0.29) is 24.2 Å². The minimum atomic E-state index is -0.717. The smallest absolute Gasteiger partial charge is 0.311 e. The van der Waals surface area contributed by atoms with Crippen LogP contribution in [0.5, 0.6) is 0 Å². The van der Waals surface area contributed by atoms with Crippen molar-refractivity contribution in [2.75, 3.05) is 6.61 Å². The highest BCUT2D eigenvalue weighted by molar-refractivity contribution is 6.01. The highest BCUT2D eigenvalue weighted by Crippen LogP contribution is 2.27. The number of nitrogens with one attached hydrogen (secondary N) is 2. The van der Waals surface area contributed by atoms with E-state index in [1.165, 1.54) is 0 Å². The van der Waals surface area contributed by atoms with Crippen molar-refractivity contribution >= 4 is 34.3 Å². The van der Waals surface area contributed by atoms with Crippen LogP contribution in [0.4, 0.5) is 0 Å². The second kappa shape index (κ2) is 13.0. The zero-order valence-electron chi connectivity index (χ0n) is 21.7. The summed E-state index contributed by atoms with van der Waals surface area (Å²) >= 11 is 0. The van der Waals surface area contributed by atoms with E-state index >= 15 is 0 Å². The Kier molecular flexibility index (Phi) is 9.25. The van der Waals surface area contributed by atoms with E-state index in [1.807, 2.05) is 49.4 Å². The summed E-state index contributed by atoms with van der Waals surface area (Å²) in [4.78, 5) is 51.4. The van der Waals surface area contributed by atoms with E-state index in [9.17, 15) is 19.2 Å². The third kappa shape index (κ3) is 6.85. The fourth-order valence-corrected chi connectivity index (χ4v) is 4.90. The highest BCUT2D eigenvalue weighted by Gasteiger charge is 2.36. The molecule has 2 N–H and O–H groups in total. The number of hydrogen-bond acceptors (Lipinski definition) is 5. The number of carbonyl (C=O) groups excluding carboxylic acids is 4. The Bertz CT molecular complexity index is 1290. The number of ketones is 1. The molecule has 4 rings (SSSR count).